The number of hydrogen-bond donors (Lipinski definition) is 1. The van der Waals surface area contributed by atoms with Crippen molar-refractivity contribution in [2.24, 2.45) is 0 Å². The Morgan fingerprint density at radius 2 is 1.91 bits per heavy atom. The molecule has 1 aromatic carbocycles. The van der Waals surface area contributed by atoms with Gasteiger partial charge in [0.15, 0.2) is 0 Å². The minimum absolute atomic E-state index is 0.0638. The monoisotopic (exact) mass is 331 g/mol. The second-order valence-electron chi connectivity index (χ2n) is 5.05. The van der Waals surface area contributed by atoms with Crippen LogP contribution in [0.4, 0.5) is 0 Å². The quantitative estimate of drug-likeness (QED) is 0.885. The average Bonchev–Trinajstić information content (AvgIpc) is 2.95. The molecule has 0 radical (unpaired) electrons. The zero-order valence-electron chi connectivity index (χ0n) is 13.6. The Bertz CT molecular complexity index is 682. The van der Waals surface area contributed by atoms with Gasteiger partial charge in [-0.3, -0.25) is 9.59 Å². The van der Waals surface area contributed by atoms with E-state index in [-0.39, 0.29) is 18.4 Å². The number of hydrogen-bond acceptors (Lipinski definition) is 4. The molecular formula is C17H21N3O2S. The number of benzene rings is 1. The molecule has 23 heavy (non-hydrogen) atoms. The first-order chi connectivity index (χ1) is 11.1. The number of thiazole rings is 1. The molecule has 5 nitrogen and oxygen atoms in total. The lowest BCUT2D eigenvalue weighted by Crippen LogP contribution is -2.40. The Morgan fingerprint density at radius 3 is 2.52 bits per heavy atom. The van der Waals surface area contributed by atoms with Gasteiger partial charge in [-0.05, 0) is 20.8 Å². The Hall–Kier alpha value is -2.21. The van der Waals surface area contributed by atoms with Gasteiger partial charge in [0.25, 0.3) is 5.91 Å². The summed E-state index contributed by atoms with van der Waals surface area (Å²) in [6.07, 6.45) is 0. The Balaban J connectivity index is 2.30. The minimum atomic E-state index is -0.150. The van der Waals surface area contributed by atoms with E-state index >= 15 is 0 Å². The molecule has 0 aliphatic rings. The van der Waals surface area contributed by atoms with Crippen LogP contribution >= 0.6 is 11.3 Å². The minimum Gasteiger partial charge on any atom is -0.355 e. The van der Waals surface area contributed by atoms with E-state index in [9.17, 15) is 9.59 Å². The largest absolute Gasteiger partial charge is 0.355 e. The second kappa shape index (κ2) is 7.87. The molecule has 1 heterocycles. The van der Waals surface area contributed by atoms with Gasteiger partial charge in [-0.2, -0.15) is 0 Å². The first-order valence-electron chi connectivity index (χ1n) is 7.65. The summed E-state index contributed by atoms with van der Waals surface area (Å²) in [4.78, 5) is 31.3. The van der Waals surface area contributed by atoms with Crippen LogP contribution in [0.15, 0.2) is 30.3 Å². The van der Waals surface area contributed by atoms with E-state index in [1.807, 2.05) is 51.1 Å². The molecule has 0 bridgehead atoms. The molecule has 1 N–H and O–H groups in total. The maximum Gasteiger partial charge on any atom is 0.266 e. The van der Waals surface area contributed by atoms with Crippen LogP contribution in [0.5, 0.6) is 0 Å². The molecule has 1 aromatic heterocycles. The Morgan fingerprint density at radius 1 is 1.22 bits per heavy atom. The number of nitrogens with zero attached hydrogens (tertiary/aromatic N) is 2. The molecule has 0 aliphatic carbocycles. The summed E-state index contributed by atoms with van der Waals surface area (Å²) in [7, 11) is 0. The van der Waals surface area contributed by atoms with E-state index in [1.54, 1.807) is 4.90 Å². The molecule has 6 heteroatoms. The number of aromatic nitrogens is 1. The zero-order chi connectivity index (χ0) is 16.8. The predicted octanol–water partition coefficient (Wildman–Crippen LogP) is 2.72. The number of nitrogens with one attached hydrogen (secondary N) is 1. The molecule has 2 amide bonds. The van der Waals surface area contributed by atoms with Crippen LogP contribution in [-0.4, -0.2) is 41.3 Å². The maximum atomic E-state index is 12.8. The van der Waals surface area contributed by atoms with Gasteiger partial charge >= 0.3 is 0 Å². The molecule has 2 rings (SSSR count). The van der Waals surface area contributed by atoms with E-state index < -0.39 is 0 Å². The first-order valence-corrected chi connectivity index (χ1v) is 8.47. The van der Waals surface area contributed by atoms with Crippen molar-refractivity contribution in [3.63, 3.8) is 0 Å². The SMILES string of the molecule is CCNC(=O)CN(CC)C(=O)c1sc(C)nc1-c1ccccc1. The second-order valence-corrected chi connectivity index (χ2v) is 6.25. The summed E-state index contributed by atoms with van der Waals surface area (Å²) >= 11 is 1.37. The number of rotatable bonds is 6. The molecule has 0 saturated carbocycles. The molecule has 122 valence electrons. The zero-order valence-corrected chi connectivity index (χ0v) is 14.4. The Kier molecular flexibility index (Phi) is 5.87. The number of amides is 2. The highest BCUT2D eigenvalue weighted by Gasteiger charge is 2.23. The first kappa shape index (κ1) is 17.1. The van der Waals surface area contributed by atoms with Crippen molar-refractivity contribution in [3.8, 4) is 11.3 Å². The summed E-state index contributed by atoms with van der Waals surface area (Å²) in [5, 5.41) is 3.56. The van der Waals surface area contributed by atoms with Crippen LogP contribution in [-0.2, 0) is 4.79 Å². The number of carbonyl (C=O) groups is 2. The highest BCUT2D eigenvalue weighted by atomic mass is 32.1. The standard InChI is InChI=1S/C17H21N3O2S/c1-4-18-14(21)11-20(5-2)17(22)16-15(19-12(3)23-16)13-9-7-6-8-10-13/h6-10H,4-5,11H2,1-3H3,(H,18,21). The lowest BCUT2D eigenvalue weighted by molar-refractivity contribution is -0.121. The van der Waals surface area contributed by atoms with Gasteiger partial charge in [-0.15, -0.1) is 11.3 Å². The summed E-state index contributed by atoms with van der Waals surface area (Å²) in [5.41, 5.74) is 1.60. The smallest absolute Gasteiger partial charge is 0.266 e. The summed E-state index contributed by atoms with van der Waals surface area (Å²) in [6, 6.07) is 9.64. The third-order valence-corrected chi connectivity index (χ3v) is 4.31. The van der Waals surface area contributed by atoms with Crippen molar-refractivity contribution in [1.29, 1.82) is 0 Å². The van der Waals surface area contributed by atoms with Crippen molar-refractivity contribution in [3.05, 3.63) is 40.2 Å². The normalized spacial score (nSPS) is 10.4. The van der Waals surface area contributed by atoms with E-state index in [2.05, 4.69) is 10.3 Å². The van der Waals surface area contributed by atoms with Crippen LogP contribution in [0.25, 0.3) is 11.3 Å². The van der Waals surface area contributed by atoms with Crippen molar-refractivity contribution in [2.75, 3.05) is 19.6 Å². The van der Waals surface area contributed by atoms with Crippen LogP contribution in [0.3, 0.4) is 0 Å². The average molecular weight is 331 g/mol. The van der Waals surface area contributed by atoms with Gasteiger partial charge in [-0.25, -0.2) is 4.98 Å². The van der Waals surface area contributed by atoms with E-state index in [0.29, 0.717) is 23.7 Å². The highest BCUT2D eigenvalue weighted by Crippen LogP contribution is 2.29. The van der Waals surface area contributed by atoms with Gasteiger partial charge < -0.3 is 10.2 Å². The lowest BCUT2D eigenvalue weighted by atomic mass is 10.1. The van der Waals surface area contributed by atoms with Crippen LogP contribution in [0.1, 0.15) is 28.5 Å². The number of likely N-dealkylation sites (N-methyl/N-ethyl adjacent to an activating group) is 2. The summed E-state index contributed by atoms with van der Waals surface area (Å²) in [6.45, 7) is 6.70. The molecule has 0 spiro atoms. The van der Waals surface area contributed by atoms with Gasteiger partial charge in [-0.1, -0.05) is 30.3 Å². The topological polar surface area (TPSA) is 62.3 Å². The molecular weight excluding hydrogens is 310 g/mol. The predicted molar refractivity (Wildman–Crippen MR) is 92.5 cm³/mol. The van der Waals surface area contributed by atoms with Crippen LogP contribution < -0.4 is 5.32 Å². The lowest BCUT2D eigenvalue weighted by Gasteiger charge is -2.19. The van der Waals surface area contributed by atoms with Gasteiger partial charge in [0.2, 0.25) is 5.91 Å². The summed E-state index contributed by atoms with van der Waals surface area (Å²) < 4.78 is 0. The third-order valence-electron chi connectivity index (χ3n) is 3.35. The Labute approximate surface area is 140 Å². The van der Waals surface area contributed by atoms with E-state index in [1.165, 1.54) is 11.3 Å². The van der Waals surface area contributed by atoms with Crippen molar-refractivity contribution < 1.29 is 9.59 Å². The maximum absolute atomic E-state index is 12.8. The van der Waals surface area contributed by atoms with Gasteiger partial charge in [0.05, 0.1) is 17.2 Å². The van der Waals surface area contributed by atoms with Crippen molar-refractivity contribution in [1.82, 2.24) is 15.2 Å². The van der Waals surface area contributed by atoms with Gasteiger partial charge in [0, 0.05) is 18.7 Å². The van der Waals surface area contributed by atoms with Crippen molar-refractivity contribution in [2.45, 2.75) is 20.8 Å². The number of carbonyl (C=O) groups excluding carboxylic acids is 2. The van der Waals surface area contributed by atoms with E-state index in [0.717, 1.165) is 10.6 Å². The van der Waals surface area contributed by atoms with E-state index in [4.69, 9.17) is 0 Å². The molecule has 0 saturated heterocycles. The van der Waals surface area contributed by atoms with Crippen LogP contribution in [0.2, 0.25) is 0 Å². The number of aryl methyl sites for hydroxylation is 1. The molecule has 2 aromatic rings. The fourth-order valence-electron chi connectivity index (χ4n) is 2.26. The van der Waals surface area contributed by atoms with Crippen molar-refractivity contribution >= 4 is 23.2 Å². The highest BCUT2D eigenvalue weighted by molar-refractivity contribution is 7.14. The third kappa shape index (κ3) is 4.16. The fourth-order valence-corrected chi connectivity index (χ4v) is 3.17. The molecule has 0 aliphatic heterocycles. The molecule has 0 unspecified atom stereocenters. The van der Waals surface area contributed by atoms with Crippen LogP contribution in [0, 0.1) is 6.92 Å². The molecule has 0 atom stereocenters. The fraction of sp³-hybridized carbons (Fsp3) is 0.353. The summed E-state index contributed by atoms with van der Waals surface area (Å²) in [5.74, 6) is -0.298. The molecule has 0 fully saturated rings. The van der Waals surface area contributed by atoms with Gasteiger partial charge in [0.1, 0.15) is 4.88 Å².